The van der Waals surface area contributed by atoms with E-state index in [0.717, 1.165) is 11.6 Å². The molecule has 0 radical (unpaired) electrons. The van der Waals surface area contributed by atoms with Gasteiger partial charge in [-0.05, 0) is 50.8 Å². The molecular formula is C30H46F3N2OP. The molecule has 0 spiro atoms. The van der Waals surface area contributed by atoms with Crippen LogP contribution < -0.4 is 5.32 Å². The molecule has 0 saturated heterocycles. The topological polar surface area (TPSA) is 42.0 Å². The number of carbonyl (C=O) groups excluding carboxylic acids is 1. The van der Waals surface area contributed by atoms with Crippen LogP contribution in [0.15, 0.2) is 60.1 Å². The van der Waals surface area contributed by atoms with Crippen molar-refractivity contribution in [1.82, 2.24) is 10.3 Å². The summed E-state index contributed by atoms with van der Waals surface area (Å²) in [6.07, 6.45) is 15.9. The zero-order valence-corrected chi connectivity index (χ0v) is 25.2. The lowest BCUT2D eigenvalue weighted by Gasteiger charge is -2.19. The second-order valence-electron chi connectivity index (χ2n) is 7.12. The number of rotatable bonds is 8. The predicted octanol–water partition coefficient (Wildman–Crippen LogP) is 9.15. The monoisotopic (exact) mass is 538 g/mol. The third kappa shape index (κ3) is 12.9. The van der Waals surface area contributed by atoms with Crippen LogP contribution in [-0.4, -0.2) is 16.6 Å². The number of pyridine rings is 1. The molecule has 1 heterocycles. The largest absolute Gasteiger partial charge is 0.343 e. The summed E-state index contributed by atoms with van der Waals surface area (Å²) in [4.78, 5) is 16.8. The highest BCUT2D eigenvalue weighted by Crippen LogP contribution is 2.45. The number of nitrogens with one attached hydrogen (secondary N) is 1. The van der Waals surface area contributed by atoms with Gasteiger partial charge in [0.2, 0.25) is 5.91 Å². The summed E-state index contributed by atoms with van der Waals surface area (Å²) in [5.74, 6) is -0.682. The lowest BCUT2D eigenvalue weighted by atomic mass is 10.0. The van der Waals surface area contributed by atoms with E-state index in [1.807, 2.05) is 54.5 Å². The van der Waals surface area contributed by atoms with Gasteiger partial charge in [0, 0.05) is 22.9 Å². The van der Waals surface area contributed by atoms with Crippen LogP contribution in [0, 0.1) is 12.8 Å². The number of allylic oxidation sites excluding steroid dienone is 6. The van der Waals surface area contributed by atoms with E-state index in [1.54, 1.807) is 31.3 Å². The van der Waals surface area contributed by atoms with Gasteiger partial charge in [0.25, 0.3) is 5.66 Å². The fourth-order valence-electron chi connectivity index (χ4n) is 2.86. The number of alkyl halides is 2. The van der Waals surface area contributed by atoms with Crippen molar-refractivity contribution in [2.24, 2.45) is 0 Å². The van der Waals surface area contributed by atoms with Crippen molar-refractivity contribution < 1.29 is 18.0 Å². The summed E-state index contributed by atoms with van der Waals surface area (Å²) in [6.45, 7) is 20.3. The van der Waals surface area contributed by atoms with Crippen LogP contribution in [0.4, 0.5) is 13.2 Å². The van der Waals surface area contributed by atoms with Crippen LogP contribution in [0.25, 0.3) is 5.57 Å². The molecule has 1 fully saturated rings. The molecule has 7 heteroatoms. The molecule has 1 N–H and O–H groups in total. The van der Waals surface area contributed by atoms with Crippen molar-refractivity contribution in [3.8, 4) is 12.8 Å². The molecule has 1 aliphatic carbocycles. The molecule has 1 aromatic rings. The summed E-state index contributed by atoms with van der Waals surface area (Å²) in [7, 11) is 1.40. The van der Waals surface area contributed by atoms with E-state index >= 15 is 0 Å². The Balaban J connectivity index is -0.00000131. The van der Waals surface area contributed by atoms with Crippen molar-refractivity contribution in [2.45, 2.75) is 92.8 Å². The lowest BCUT2D eigenvalue weighted by molar-refractivity contribution is -0.118. The summed E-state index contributed by atoms with van der Waals surface area (Å²) >= 11 is 0. The Bertz CT molecular complexity index is 920. The van der Waals surface area contributed by atoms with Gasteiger partial charge >= 0.3 is 0 Å². The van der Waals surface area contributed by atoms with Crippen LogP contribution in [0.1, 0.15) is 92.8 Å². The summed E-state index contributed by atoms with van der Waals surface area (Å²) in [6, 6.07) is 3.54. The average molecular weight is 539 g/mol. The predicted molar refractivity (Wildman–Crippen MR) is 158 cm³/mol. The second kappa shape index (κ2) is 20.4. The molecule has 1 amide bonds. The Labute approximate surface area is 226 Å². The third-order valence-electron chi connectivity index (χ3n) is 4.81. The zero-order chi connectivity index (χ0) is 29.8. The number of terminal acetylenes is 1. The van der Waals surface area contributed by atoms with E-state index in [0.29, 0.717) is 24.1 Å². The number of carbonyl (C=O) groups is 1. The van der Waals surface area contributed by atoms with E-state index in [-0.39, 0.29) is 17.8 Å². The fourth-order valence-corrected chi connectivity index (χ4v) is 2.94. The summed E-state index contributed by atoms with van der Waals surface area (Å²) in [5, 5.41) is 2.91. The van der Waals surface area contributed by atoms with Gasteiger partial charge in [0.1, 0.15) is 5.83 Å². The molecule has 3 nitrogen and oxygen atoms in total. The average Bonchev–Trinajstić information content (AvgIpc) is 3.71. The molecule has 0 bridgehead atoms. The van der Waals surface area contributed by atoms with E-state index in [4.69, 9.17) is 0 Å². The number of halogens is 3. The van der Waals surface area contributed by atoms with Crippen LogP contribution >= 0.6 is 9.24 Å². The number of amides is 1. The number of nitrogens with zero attached hydrogens (tertiary/aromatic N) is 1. The van der Waals surface area contributed by atoms with Gasteiger partial charge in [0.05, 0.1) is 11.2 Å². The minimum Gasteiger partial charge on any atom is -0.343 e. The molecule has 1 unspecified atom stereocenters. The van der Waals surface area contributed by atoms with Crippen molar-refractivity contribution in [2.75, 3.05) is 0 Å². The molecule has 1 atom stereocenters. The molecule has 208 valence electrons. The molecule has 37 heavy (non-hydrogen) atoms. The molecule has 1 aromatic heterocycles. The minimum atomic E-state index is -3.16. The minimum absolute atomic E-state index is 0.149. The zero-order valence-electron chi connectivity index (χ0n) is 24.0. The van der Waals surface area contributed by atoms with Gasteiger partial charge in [-0.1, -0.05) is 82.5 Å². The SMILES string of the molecule is C#C.C=C(/C=C(\C)C(=O)NC1(c2ccc(C(/C=C\C)=C(\F)CC)nc2)CC1)C(F)(F)P.CC.CC.CC. The first kappa shape index (κ1) is 38.9. The first-order chi connectivity index (χ1) is 17.5. The van der Waals surface area contributed by atoms with Gasteiger partial charge in [-0.15, -0.1) is 12.8 Å². The van der Waals surface area contributed by atoms with E-state index in [9.17, 15) is 18.0 Å². The smallest absolute Gasteiger partial charge is 0.283 e. The fraction of sp³-hybridized carbons (Fsp3) is 0.467. The molecule has 0 aliphatic heterocycles. The van der Waals surface area contributed by atoms with Crippen molar-refractivity contribution >= 4 is 20.7 Å². The van der Waals surface area contributed by atoms with Gasteiger partial charge in [-0.2, -0.15) is 8.78 Å². The Morgan fingerprint density at radius 1 is 1.19 bits per heavy atom. The maximum absolute atomic E-state index is 14.1. The molecule has 2 rings (SSSR count). The van der Waals surface area contributed by atoms with Gasteiger partial charge < -0.3 is 5.32 Å². The third-order valence-corrected chi connectivity index (χ3v) is 5.18. The van der Waals surface area contributed by atoms with Crippen LogP contribution in [0.2, 0.25) is 0 Å². The quantitative estimate of drug-likeness (QED) is 0.155. The summed E-state index contributed by atoms with van der Waals surface area (Å²) < 4.78 is 40.6. The highest BCUT2D eigenvalue weighted by molar-refractivity contribution is 7.18. The Hall–Kier alpha value is -2.64. The van der Waals surface area contributed by atoms with Crippen molar-refractivity contribution in [1.29, 1.82) is 0 Å². The Kier molecular flexibility index (Phi) is 21.5. The first-order valence-electron chi connectivity index (χ1n) is 12.7. The molecule has 1 saturated carbocycles. The van der Waals surface area contributed by atoms with E-state index < -0.39 is 22.7 Å². The maximum Gasteiger partial charge on any atom is 0.283 e. The second-order valence-corrected chi connectivity index (χ2v) is 7.84. The van der Waals surface area contributed by atoms with Gasteiger partial charge in [0.15, 0.2) is 0 Å². The van der Waals surface area contributed by atoms with Crippen molar-refractivity contribution in [3.05, 3.63) is 71.4 Å². The Morgan fingerprint density at radius 3 is 2.05 bits per heavy atom. The first-order valence-corrected chi connectivity index (χ1v) is 13.3. The van der Waals surface area contributed by atoms with Gasteiger partial charge in [-0.25, -0.2) is 4.39 Å². The number of hydrogen-bond acceptors (Lipinski definition) is 2. The van der Waals surface area contributed by atoms with Crippen molar-refractivity contribution in [3.63, 3.8) is 0 Å². The van der Waals surface area contributed by atoms with E-state index in [2.05, 4.69) is 29.7 Å². The lowest BCUT2D eigenvalue weighted by Crippen LogP contribution is -2.35. The highest BCUT2D eigenvalue weighted by atomic mass is 31.0. The van der Waals surface area contributed by atoms with Crippen LogP contribution in [0.5, 0.6) is 0 Å². The Morgan fingerprint density at radius 2 is 1.70 bits per heavy atom. The summed E-state index contributed by atoms with van der Waals surface area (Å²) in [5.41, 5.74) is -2.28. The van der Waals surface area contributed by atoms with Gasteiger partial charge in [-0.3, -0.25) is 9.78 Å². The van der Waals surface area contributed by atoms with Crippen LogP contribution in [-0.2, 0) is 10.3 Å². The number of aromatic nitrogens is 1. The highest BCUT2D eigenvalue weighted by Gasteiger charge is 2.46. The number of hydrogen-bond donors (Lipinski definition) is 1. The molecule has 0 aromatic carbocycles. The molecule has 1 aliphatic rings. The molecular weight excluding hydrogens is 492 g/mol. The normalized spacial score (nSPS) is 14.0. The van der Waals surface area contributed by atoms with E-state index in [1.165, 1.54) is 16.2 Å². The maximum atomic E-state index is 14.1. The van der Waals surface area contributed by atoms with Crippen LogP contribution in [0.3, 0.4) is 0 Å². The standard InChI is InChI=1S/C22H26F3N2OP.3C2H6.C2H2/c1-5-7-17(18(23)6-2)19-9-8-16(13-26-19)21(10-11-21)27-20(28)14(3)12-15(4)22(24,25)29;4*1-2/h5,7-9,12-13H,4,6,10-11,29H2,1-3H3,(H,27,28);3*1-2H3;1-2H/b7-5-,14-12+,18-17-;;;;.